The molecule has 0 spiro atoms. The van der Waals surface area contributed by atoms with Gasteiger partial charge in [0.1, 0.15) is 5.75 Å². The highest BCUT2D eigenvalue weighted by atomic mass is 16.6. The Hall–Kier alpha value is -2.10. The summed E-state index contributed by atoms with van der Waals surface area (Å²) in [4.78, 5) is 22.7. The molecule has 0 heterocycles. The van der Waals surface area contributed by atoms with Gasteiger partial charge in [-0.3, -0.25) is 4.79 Å². The van der Waals surface area contributed by atoms with Crippen LogP contribution in [0.4, 0.5) is 0 Å². The van der Waals surface area contributed by atoms with Crippen molar-refractivity contribution in [2.75, 3.05) is 7.11 Å². The minimum Gasteiger partial charge on any atom is -0.463 e. The van der Waals surface area contributed by atoms with E-state index in [4.69, 9.17) is 4.74 Å². The number of ether oxygens (including phenoxy) is 2. The zero-order valence-corrected chi connectivity index (χ0v) is 10.9. The van der Waals surface area contributed by atoms with Gasteiger partial charge in [-0.25, -0.2) is 4.79 Å². The van der Waals surface area contributed by atoms with Gasteiger partial charge in [0.05, 0.1) is 7.11 Å². The second-order valence-corrected chi connectivity index (χ2v) is 3.78. The van der Waals surface area contributed by atoms with Crippen molar-refractivity contribution in [2.24, 2.45) is 0 Å². The first-order chi connectivity index (χ1) is 8.49. The fraction of sp³-hybridized carbons (Fsp3) is 0.286. The normalized spacial score (nSPS) is 11.0. The Balaban J connectivity index is 3.06. The summed E-state index contributed by atoms with van der Waals surface area (Å²) < 4.78 is 10.1. The molecule has 0 atom stereocenters. The molecule has 0 aliphatic heterocycles. The number of methoxy groups -OCH3 is 1. The number of rotatable bonds is 4. The maximum Gasteiger partial charge on any atom is 0.373 e. The van der Waals surface area contributed by atoms with Gasteiger partial charge in [-0.15, -0.1) is 0 Å². The lowest BCUT2D eigenvalue weighted by atomic mass is 10.1. The van der Waals surface area contributed by atoms with Gasteiger partial charge in [-0.2, -0.15) is 0 Å². The zero-order chi connectivity index (χ0) is 13.7. The Morgan fingerprint density at radius 2 is 1.94 bits per heavy atom. The van der Waals surface area contributed by atoms with E-state index in [1.165, 1.54) is 20.1 Å². The first kappa shape index (κ1) is 14.0. The summed E-state index contributed by atoms with van der Waals surface area (Å²) in [5, 5.41) is 0. The fourth-order valence-electron chi connectivity index (χ4n) is 1.37. The largest absolute Gasteiger partial charge is 0.463 e. The third kappa shape index (κ3) is 3.20. The van der Waals surface area contributed by atoms with Crippen LogP contribution in [0.2, 0.25) is 0 Å². The van der Waals surface area contributed by atoms with Crippen LogP contribution in [0.3, 0.4) is 0 Å². The summed E-state index contributed by atoms with van der Waals surface area (Å²) in [6, 6.07) is 5.11. The van der Waals surface area contributed by atoms with Gasteiger partial charge < -0.3 is 9.47 Å². The van der Waals surface area contributed by atoms with Gasteiger partial charge in [0, 0.05) is 5.56 Å². The summed E-state index contributed by atoms with van der Waals surface area (Å²) in [6.45, 7) is 4.99. The molecule has 96 valence electrons. The Morgan fingerprint density at radius 1 is 1.28 bits per heavy atom. The predicted molar refractivity (Wildman–Crippen MR) is 67.6 cm³/mol. The van der Waals surface area contributed by atoms with Crippen molar-refractivity contribution in [1.29, 1.82) is 0 Å². The third-order valence-corrected chi connectivity index (χ3v) is 2.46. The van der Waals surface area contributed by atoms with Crippen LogP contribution in [0.25, 0.3) is 0 Å². The molecular formula is C14H16O4. The lowest BCUT2D eigenvalue weighted by molar-refractivity contribution is -0.138. The first-order valence-electron chi connectivity index (χ1n) is 5.53. The molecule has 0 aliphatic rings. The van der Waals surface area contributed by atoms with Crippen molar-refractivity contribution in [1.82, 2.24) is 0 Å². The van der Waals surface area contributed by atoms with Crippen molar-refractivity contribution in [3.05, 3.63) is 41.2 Å². The molecule has 18 heavy (non-hydrogen) atoms. The number of aryl methyl sites for hydroxylation is 1. The van der Waals surface area contributed by atoms with Crippen molar-refractivity contribution in [2.45, 2.75) is 20.8 Å². The Morgan fingerprint density at radius 3 is 2.44 bits per heavy atom. The van der Waals surface area contributed by atoms with Crippen LogP contribution in [0, 0.1) is 6.92 Å². The highest BCUT2D eigenvalue weighted by molar-refractivity contribution is 5.94. The highest BCUT2D eigenvalue weighted by Gasteiger charge is 2.13. The summed E-state index contributed by atoms with van der Waals surface area (Å²) >= 11 is 0. The number of allylic oxidation sites excluding steroid dienone is 1. The van der Waals surface area contributed by atoms with E-state index in [1.54, 1.807) is 25.1 Å². The van der Waals surface area contributed by atoms with E-state index in [2.05, 4.69) is 4.74 Å². The second kappa shape index (κ2) is 6.00. The van der Waals surface area contributed by atoms with Crippen LogP contribution in [0.5, 0.6) is 5.75 Å². The number of hydrogen-bond donors (Lipinski definition) is 0. The minimum atomic E-state index is -0.551. The molecule has 0 saturated heterocycles. The van der Waals surface area contributed by atoms with Crippen molar-refractivity contribution in [3.8, 4) is 5.75 Å². The fourth-order valence-corrected chi connectivity index (χ4v) is 1.37. The van der Waals surface area contributed by atoms with Gasteiger partial charge in [-0.05, 0) is 38.5 Å². The van der Waals surface area contributed by atoms with Crippen molar-refractivity contribution >= 4 is 11.8 Å². The molecule has 1 rings (SSSR count). The highest BCUT2D eigenvalue weighted by Crippen LogP contribution is 2.22. The molecule has 0 aliphatic carbocycles. The van der Waals surface area contributed by atoms with Crippen LogP contribution in [-0.2, 0) is 9.53 Å². The quantitative estimate of drug-likeness (QED) is 0.356. The molecule has 1 aromatic rings. The van der Waals surface area contributed by atoms with Crippen LogP contribution < -0.4 is 4.74 Å². The molecule has 0 amide bonds. The van der Waals surface area contributed by atoms with Gasteiger partial charge in [0.15, 0.2) is 5.78 Å². The number of Topliss-reactive ketones (excluding diaryl/α,β-unsaturated/α-hetero) is 1. The van der Waals surface area contributed by atoms with Crippen molar-refractivity contribution in [3.63, 3.8) is 0 Å². The predicted octanol–water partition coefficient (Wildman–Crippen LogP) is 2.65. The minimum absolute atomic E-state index is 0.0556. The van der Waals surface area contributed by atoms with E-state index < -0.39 is 5.97 Å². The Kier molecular flexibility index (Phi) is 4.66. The van der Waals surface area contributed by atoms with E-state index >= 15 is 0 Å². The monoisotopic (exact) mass is 248 g/mol. The third-order valence-electron chi connectivity index (χ3n) is 2.46. The molecule has 0 unspecified atom stereocenters. The van der Waals surface area contributed by atoms with Crippen LogP contribution >= 0.6 is 0 Å². The molecular weight excluding hydrogens is 232 g/mol. The van der Waals surface area contributed by atoms with Gasteiger partial charge in [0.25, 0.3) is 0 Å². The van der Waals surface area contributed by atoms with Gasteiger partial charge >= 0.3 is 5.97 Å². The molecule has 0 bridgehead atoms. The smallest absolute Gasteiger partial charge is 0.373 e. The lowest BCUT2D eigenvalue weighted by Gasteiger charge is -2.11. The SMILES string of the molecule is CC=C(Oc1cc(C(C)=O)ccc1C)C(=O)OC. The number of benzene rings is 1. The Labute approximate surface area is 106 Å². The summed E-state index contributed by atoms with van der Waals surface area (Å²) in [5.74, 6) is -0.0347. The topological polar surface area (TPSA) is 52.6 Å². The number of hydrogen-bond acceptors (Lipinski definition) is 4. The average Bonchev–Trinajstić information content (AvgIpc) is 2.36. The maximum atomic E-state index is 11.4. The molecule has 4 heteroatoms. The number of ketones is 1. The van der Waals surface area contributed by atoms with Gasteiger partial charge in [-0.1, -0.05) is 12.1 Å². The average molecular weight is 248 g/mol. The van der Waals surface area contributed by atoms with E-state index in [1.807, 2.05) is 6.92 Å². The van der Waals surface area contributed by atoms with Crippen molar-refractivity contribution < 1.29 is 19.1 Å². The zero-order valence-electron chi connectivity index (χ0n) is 10.9. The summed E-state index contributed by atoms with van der Waals surface area (Å²) in [7, 11) is 1.29. The standard InChI is InChI=1S/C14H16O4/c1-5-12(14(16)17-4)18-13-8-11(10(3)15)7-6-9(13)2/h5-8H,1-4H3. The number of carbonyl (C=O) groups is 2. The molecule has 0 aromatic heterocycles. The molecule has 0 radical (unpaired) electrons. The number of carbonyl (C=O) groups excluding carboxylic acids is 2. The molecule has 0 fully saturated rings. The first-order valence-corrected chi connectivity index (χ1v) is 5.53. The molecule has 0 saturated carbocycles. The maximum absolute atomic E-state index is 11.4. The van der Waals surface area contributed by atoms with Gasteiger partial charge in [0.2, 0.25) is 5.76 Å². The molecule has 4 nitrogen and oxygen atoms in total. The van der Waals surface area contributed by atoms with E-state index in [-0.39, 0.29) is 11.5 Å². The molecule has 1 aromatic carbocycles. The van der Waals surface area contributed by atoms with E-state index in [0.717, 1.165) is 5.56 Å². The number of esters is 1. The summed E-state index contributed by atoms with van der Waals surface area (Å²) in [6.07, 6.45) is 1.52. The second-order valence-electron chi connectivity index (χ2n) is 3.78. The van der Waals surface area contributed by atoms with Crippen LogP contribution in [0.15, 0.2) is 30.0 Å². The lowest BCUT2D eigenvalue weighted by Crippen LogP contribution is -2.11. The van der Waals surface area contributed by atoms with Crippen LogP contribution in [-0.4, -0.2) is 18.9 Å². The van der Waals surface area contributed by atoms with E-state index in [0.29, 0.717) is 11.3 Å². The summed E-state index contributed by atoms with van der Waals surface area (Å²) in [5.41, 5.74) is 1.37. The van der Waals surface area contributed by atoms with Crippen LogP contribution in [0.1, 0.15) is 29.8 Å². The van der Waals surface area contributed by atoms with E-state index in [9.17, 15) is 9.59 Å². The Bertz CT molecular complexity index is 501. The molecule has 0 N–H and O–H groups in total.